The van der Waals surface area contributed by atoms with Crippen molar-refractivity contribution in [3.8, 4) is 0 Å². The Balaban J connectivity index is 1.13. The molecular formula is C32H38N2O3. The van der Waals surface area contributed by atoms with Crippen LogP contribution in [0.15, 0.2) is 84.9 Å². The second-order valence-electron chi connectivity index (χ2n) is 10.3. The maximum atomic E-state index is 12.8. The number of nitrogens with zero attached hydrogens (tertiary/aromatic N) is 2. The molecule has 5 heteroatoms. The Morgan fingerprint density at radius 3 is 1.95 bits per heavy atom. The van der Waals surface area contributed by atoms with E-state index in [9.17, 15) is 9.90 Å². The highest BCUT2D eigenvalue weighted by atomic mass is 16.5. The third-order valence-electron chi connectivity index (χ3n) is 8.05. The Morgan fingerprint density at radius 2 is 1.38 bits per heavy atom. The van der Waals surface area contributed by atoms with Crippen LogP contribution in [-0.4, -0.2) is 61.7 Å². The highest BCUT2D eigenvalue weighted by molar-refractivity contribution is 5.96. The number of ketones is 1. The van der Waals surface area contributed by atoms with E-state index in [0.717, 1.165) is 87.6 Å². The molecule has 194 valence electrons. The van der Waals surface area contributed by atoms with E-state index in [2.05, 4.69) is 21.9 Å². The molecule has 0 spiro atoms. The predicted molar refractivity (Wildman–Crippen MR) is 148 cm³/mol. The van der Waals surface area contributed by atoms with Gasteiger partial charge in [-0.3, -0.25) is 4.79 Å². The van der Waals surface area contributed by atoms with Crippen molar-refractivity contribution < 1.29 is 14.6 Å². The van der Waals surface area contributed by atoms with Gasteiger partial charge in [-0.15, -0.1) is 0 Å². The summed E-state index contributed by atoms with van der Waals surface area (Å²) in [5, 5.41) is 12.1. The first-order valence-corrected chi connectivity index (χ1v) is 13.7. The van der Waals surface area contributed by atoms with Crippen LogP contribution in [-0.2, 0) is 10.3 Å². The zero-order valence-electron chi connectivity index (χ0n) is 21.6. The number of anilines is 1. The number of morpholine rings is 1. The number of aliphatic hydroxyl groups is 1. The lowest BCUT2D eigenvalue weighted by molar-refractivity contribution is -0.0142. The van der Waals surface area contributed by atoms with Crippen LogP contribution < -0.4 is 4.90 Å². The SMILES string of the molecule is O=C(CCCN1CCC(C(O)(c2ccccc2)c2ccccc2)CC1)c1ccc(N2CCOCC2)cc1. The molecule has 0 aliphatic carbocycles. The molecule has 0 radical (unpaired) electrons. The van der Waals surface area contributed by atoms with Crippen molar-refractivity contribution in [1.82, 2.24) is 4.90 Å². The summed E-state index contributed by atoms with van der Waals surface area (Å²) in [4.78, 5) is 17.5. The summed E-state index contributed by atoms with van der Waals surface area (Å²) in [6.45, 7) is 6.12. The Morgan fingerprint density at radius 1 is 0.811 bits per heavy atom. The van der Waals surface area contributed by atoms with Gasteiger partial charge < -0.3 is 19.6 Å². The average molecular weight is 499 g/mol. The minimum atomic E-state index is -0.988. The maximum Gasteiger partial charge on any atom is 0.162 e. The second-order valence-corrected chi connectivity index (χ2v) is 10.3. The number of rotatable bonds is 9. The Kier molecular flexibility index (Phi) is 8.34. The lowest BCUT2D eigenvalue weighted by atomic mass is 9.72. The van der Waals surface area contributed by atoms with Crippen molar-refractivity contribution in [3.63, 3.8) is 0 Å². The summed E-state index contributed by atoms with van der Waals surface area (Å²) in [5.74, 6) is 0.367. The number of likely N-dealkylation sites (tertiary alicyclic amines) is 1. The fourth-order valence-corrected chi connectivity index (χ4v) is 5.88. The van der Waals surface area contributed by atoms with Gasteiger partial charge in [0.1, 0.15) is 5.60 Å². The van der Waals surface area contributed by atoms with Crippen molar-refractivity contribution in [1.29, 1.82) is 0 Å². The van der Waals surface area contributed by atoms with Gasteiger partial charge >= 0.3 is 0 Å². The van der Waals surface area contributed by atoms with E-state index in [1.165, 1.54) is 0 Å². The maximum absolute atomic E-state index is 12.8. The number of benzene rings is 3. The molecule has 3 aromatic rings. The van der Waals surface area contributed by atoms with E-state index in [1.54, 1.807) is 0 Å². The standard InChI is InChI=1S/C32H38N2O3/c35-31(26-13-15-30(16-14-26)34-22-24-37-25-23-34)12-7-19-33-20-17-29(18-21-33)32(36,27-8-3-1-4-9-27)28-10-5-2-6-11-28/h1-6,8-11,13-16,29,36H,7,12,17-25H2. The van der Waals surface area contributed by atoms with Crippen molar-refractivity contribution in [2.45, 2.75) is 31.3 Å². The van der Waals surface area contributed by atoms with Crippen molar-refractivity contribution >= 4 is 11.5 Å². The molecule has 5 nitrogen and oxygen atoms in total. The molecular weight excluding hydrogens is 460 g/mol. The second kappa shape index (κ2) is 12.0. The smallest absolute Gasteiger partial charge is 0.162 e. The molecule has 0 unspecified atom stereocenters. The molecule has 2 heterocycles. The van der Waals surface area contributed by atoms with E-state index in [4.69, 9.17) is 4.74 Å². The van der Waals surface area contributed by atoms with Crippen LogP contribution in [0.1, 0.15) is 47.2 Å². The third-order valence-corrected chi connectivity index (χ3v) is 8.05. The lowest BCUT2D eigenvalue weighted by Gasteiger charge is -2.42. The van der Waals surface area contributed by atoms with Crippen molar-refractivity contribution in [2.75, 3.05) is 50.8 Å². The van der Waals surface area contributed by atoms with Gasteiger partial charge in [-0.25, -0.2) is 0 Å². The van der Waals surface area contributed by atoms with Gasteiger partial charge in [0, 0.05) is 30.8 Å². The number of ether oxygens (including phenoxy) is 1. The fraction of sp³-hybridized carbons (Fsp3) is 0.406. The minimum absolute atomic E-state index is 0.153. The summed E-state index contributed by atoms with van der Waals surface area (Å²) in [5.41, 5.74) is 2.90. The molecule has 2 aliphatic heterocycles. The van der Waals surface area contributed by atoms with Crippen molar-refractivity contribution in [2.24, 2.45) is 5.92 Å². The Labute approximate surface area is 220 Å². The molecule has 0 amide bonds. The molecule has 0 bridgehead atoms. The first-order chi connectivity index (χ1) is 18.1. The first kappa shape index (κ1) is 25.7. The summed E-state index contributed by atoms with van der Waals surface area (Å²) in [6.07, 6.45) is 3.28. The molecule has 37 heavy (non-hydrogen) atoms. The van der Waals surface area contributed by atoms with Gasteiger partial charge in [0.15, 0.2) is 5.78 Å². The highest BCUT2D eigenvalue weighted by Gasteiger charge is 2.41. The topological polar surface area (TPSA) is 53.0 Å². The molecule has 2 fully saturated rings. The van der Waals surface area contributed by atoms with Gasteiger partial charge in [0.25, 0.3) is 0 Å². The fourth-order valence-electron chi connectivity index (χ4n) is 5.88. The molecule has 0 aromatic heterocycles. The van der Waals surface area contributed by atoms with E-state index >= 15 is 0 Å². The van der Waals surface area contributed by atoms with Crippen LogP contribution in [0, 0.1) is 5.92 Å². The highest BCUT2D eigenvalue weighted by Crippen LogP contribution is 2.41. The number of Topliss-reactive ketones (excluding diaryl/α,β-unsaturated/α-hetero) is 1. The van der Waals surface area contributed by atoms with Gasteiger partial charge in [-0.2, -0.15) is 0 Å². The summed E-state index contributed by atoms with van der Waals surface area (Å²) < 4.78 is 5.43. The van der Waals surface area contributed by atoms with E-state index in [-0.39, 0.29) is 11.7 Å². The van der Waals surface area contributed by atoms with Crippen LogP contribution in [0.2, 0.25) is 0 Å². The number of carbonyl (C=O) groups is 1. The van der Waals surface area contributed by atoms with Gasteiger partial charge in [0.2, 0.25) is 0 Å². The van der Waals surface area contributed by atoms with Gasteiger partial charge in [0.05, 0.1) is 13.2 Å². The van der Waals surface area contributed by atoms with Gasteiger partial charge in [-0.1, -0.05) is 60.7 Å². The van der Waals surface area contributed by atoms with E-state index < -0.39 is 5.60 Å². The lowest BCUT2D eigenvalue weighted by Crippen LogP contribution is -2.44. The molecule has 3 aromatic carbocycles. The molecule has 0 atom stereocenters. The molecule has 1 N–H and O–H groups in total. The normalized spacial score (nSPS) is 17.6. The predicted octanol–water partition coefficient (Wildman–Crippen LogP) is 5.13. The molecule has 5 rings (SSSR count). The molecule has 2 saturated heterocycles. The van der Waals surface area contributed by atoms with Crippen molar-refractivity contribution in [3.05, 3.63) is 102 Å². The zero-order chi connectivity index (χ0) is 25.5. The van der Waals surface area contributed by atoms with Crippen LogP contribution in [0.5, 0.6) is 0 Å². The van der Waals surface area contributed by atoms with E-state index in [0.29, 0.717) is 6.42 Å². The van der Waals surface area contributed by atoms with E-state index in [1.807, 2.05) is 72.8 Å². The van der Waals surface area contributed by atoms with Gasteiger partial charge in [-0.05, 0) is 80.2 Å². The summed E-state index contributed by atoms with van der Waals surface area (Å²) >= 11 is 0. The average Bonchev–Trinajstić information content (AvgIpc) is 2.98. The van der Waals surface area contributed by atoms with Crippen LogP contribution in [0.25, 0.3) is 0 Å². The number of carbonyl (C=O) groups excluding carboxylic acids is 1. The zero-order valence-corrected chi connectivity index (χ0v) is 21.6. The Bertz CT molecular complexity index is 1080. The van der Waals surface area contributed by atoms with Crippen LogP contribution >= 0.6 is 0 Å². The quantitative estimate of drug-likeness (QED) is 0.415. The minimum Gasteiger partial charge on any atom is -0.380 e. The summed E-state index contributed by atoms with van der Waals surface area (Å²) in [6, 6.07) is 28.2. The van der Waals surface area contributed by atoms with Crippen LogP contribution in [0.3, 0.4) is 0 Å². The van der Waals surface area contributed by atoms with Crippen LogP contribution in [0.4, 0.5) is 5.69 Å². The number of hydrogen-bond acceptors (Lipinski definition) is 5. The number of hydrogen-bond donors (Lipinski definition) is 1. The largest absolute Gasteiger partial charge is 0.380 e. The first-order valence-electron chi connectivity index (χ1n) is 13.7. The monoisotopic (exact) mass is 498 g/mol. The number of piperidine rings is 1. The summed E-state index contributed by atoms with van der Waals surface area (Å²) in [7, 11) is 0. The molecule has 0 saturated carbocycles. The molecule has 2 aliphatic rings. The third kappa shape index (κ3) is 5.96. The Hall–Kier alpha value is -2.99.